The van der Waals surface area contributed by atoms with Crippen LogP contribution >= 0.6 is 11.8 Å². The van der Waals surface area contributed by atoms with E-state index in [0.29, 0.717) is 0 Å². The molecule has 1 atom stereocenters. The molecule has 4 nitrogen and oxygen atoms in total. The normalized spacial score (nSPS) is 13.0. The summed E-state index contributed by atoms with van der Waals surface area (Å²) in [6.45, 7) is 7.17. The van der Waals surface area contributed by atoms with Gasteiger partial charge in [-0.25, -0.2) is 4.79 Å². The highest BCUT2D eigenvalue weighted by molar-refractivity contribution is 7.98. The summed E-state index contributed by atoms with van der Waals surface area (Å²) in [5, 5.41) is 2.77. The Morgan fingerprint density at radius 1 is 1.23 bits per heavy atom. The summed E-state index contributed by atoms with van der Waals surface area (Å²) in [7, 11) is 0. The molecule has 5 heteroatoms. The fourth-order valence-electron chi connectivity index (χ4n) is 1.62. The summed E-state index contributed by atoms with van der Waals surface area (Å²) < 4.78 is 5.08. The Labute approximate surface area is 136 Å². The van der Waals surface area contributed by atoms with Gasteiger partial charge in [0.05, 0.1) is 0 Å². The molecule has 0 radical (unpaired) electrons. The Hall–Kier alpha value is -1.75. The third kappa shape index (κ3) is 6.80. The van der Waals surface area contributed by atoms with E-state index in [9.17, 15) is 9.59 Å². The number of benzene rings is 1. The minimum Gasteiger partial charge on any atom is -0.449 e. The third-order valence-electron chi connectivity index (χ3n) is 2.69. The van der Waals surface area contributed by atoms with E-state index in [1.165, 1.54) is 6.08 Å². The molecular weight excluding hydrogens is 298 g/mol. The second kappa shape index (κ2) is 8.03. The number of carbonyl (C=O) groups is 2. The molecule has 0 aliphatic rings. The van der Waals surface area contributed by atoms with Crippen molar-refractivity contribution >= 4 is 29.7 Å². The second-order valence-corrected chi connectivity index (χ2v) is 6.80. The zero-order valence-corrected chi connectivity index (χ0v) is 14.5. The zero-order valence-electron chi connectivity index (χ0n) is 13.7. The topological polar surface area (TPSA) is 55.4 Å². The van der Waals surface area contributed by atoms with Gasteiger partial charge in [0.25, 0.3) is 5.91 Å². The molecule has 22 heavy (non-hydrogen) atoms. The van der Waals surface area contributed by atoms with Gasteiger partial charge in [0.2, 0.25) is 0 Å². The van der Waals surface area contributed by atoms with E-state index in [1.54, 1.807) is 24.8 Å². The van der Waals surface area contributed by atoms with Crippen molar-refractivity contribution in [2.75, 3.05) is 6.26 Å². The minimum atomic E-state index is -0.824. The average Bonchev–Trinajstić information content (AvgIpc) is 2.43. The van der Waals surface area contributed by atoms with Gasteiger partial charge in [-0.3, -0.25) is 4.79 Å². The molecule has 0 saturated carbocycles. The number of hydrogen-bond acceptors (Lipinski definition) is 4. The van der Waals surface area contributed by atoms with E-state index < -0.39 is 12.1 Å². The van der Waals surface area contributed by atoms with Gasteiger partial charge < -0.3 is 10.1 Å². The monoisotopic (exact) mass is 321 g/mol. The molecule has 1 aromatic carbocycles. The van der Waals surface area contributed by atoms with Crippen molar-refractivity contribution in [1.82, 2.24) is 5.32 Å². The summed E-state index contributed by atoms with van der Waals surface area (Å²) in [6.07, 6.45) is 4.18. The van der Waals surface area contributed by atoms with E-state index in [4.69, 9.17) is 4.74 Å². The molecule has 0 saturated heterocycles. The van der Waals surface area contributed by atoms with Crippen molar-refractivity contribution in [2.24, 2.45) is 0 Å². The Morgan fingerprint density at radius 3 is 2.32 bits per heavy atom. The predicted octanol–water partition coefficient (Wildman–Crippen LogP) is 3.27. The maximum Gasteiger partial charge on any atom is 0.331 e. The van der Waals surface area contributed by atoms with Crippen LogP contribution in [0.15, 0.2) is 35.2 Å². The number of amides is 1. The van der Waals surface area contributed by atoms with Gasteiger partial charge >= 0.3 is 5.97 Å². The van der Waals surface area contributed by atoms with Crippen LogP contribution in [0.1, 0.15) is 33.3 Å². The number of nitrogens with one attached hydrogen (secondary N) is 1. The summed E-state index contributed by atoms with van der Waals surface area (Å²) in [5.74, 6) is -0.843. The molecule has 1 rings (SSSR count). The third-order valence-corrected chi connectivity index (χ3v) is 3.43. The van der Waals surface area contributed by atoms with E-state index in [2.05, 4.69) is 5.32 Å². The largest absolute Gasteiger partial charge is 0.449 e. The van der Waals surface area contributed by atoms with E-state index in [0.717, 1.165) is 10.5 Å². The molecule has 120 valence electrons. The van der Waals surface area contributed by atoms with Gasteiger partial charge in [-0.15, -0.1) is 11.8 Å². The summed E-state index contributed by atoms with van der Waals surface area (Å²) >= 11 is 1.66. The SMILES string of the molecule is CSc1ccc(/C=C/C(=O)O[C@H](C)C(=O)NC(C)(C)C)cc1. The lowest BCUT2D eigenvalue weighted by Gasteiger charge is -2.22. The highest BCUT2D eigenvalue weighted by atomic mass is 32.2. The Bertz CT molecular complexity index is 544. The smallest absolute Gasteiger partial charge is 0.331 e. The number of ether oxygens (including phenoxy) is 1. The maximum atomic E-state index is 11.8. The van der Waals surface area contributed by atoms with Crippen molar-refractivity contribution in [3.05, 3.63) is 35.9 Å². The van der Waals surface area contributed by atoms with Crippen LogP contribution in [0.25, 0.3) is 6.08 Å². The van der Waals surface area contributed by atoms with Crippen LogP contribution in [0.3, 0.4) is 0 Å². The molecule has 1 amide bonds. The van der Waals surface area contributed by atoms with Crippen LogP contribution in [0.2, 0.25) is 0 Å². The fourth-order valence-corrected chi connectivity index (χ4v) is 2.03. The van der Waals surface area contributed by atoms with Crippen LogP contribution in [-0.4, -0.2) is 29.8 Å². The molecule has 1 N–H and O–H groups in total. The van der Waals surface area contributed by atoms with Gasteiger partial charge in [-0.2, -0.15) is 0 Å². The number of thioether (sulfide) groups is 1. The molecular formula is C17H23NO3S. The van der Waals surface area contributed by atoms with Gasteiger partial charge in [0, 0.05) is 16.5 Å². The molecule has 0 aromatic heterocycles. The second-order valence-electron chi connectivity index (χ2n) is 5.92. The molecule has 0 unspecified atom stereocenters. The first-order chi connectivity index (χ1) is 10.2. The van der Waals surface area contributed by atoms with Crippen molar-refractivity contribution in [3.8, 4) is 0 Å². The fraction of sp³-hybridized carbons (Fsp3) is 0.412. The quantitative estimate of drug-likeness (QED) is 0.514. The Morgan fingerprint density at radius 2 is 1.82 bits per heavy atom. The van der Waals surface area contributed by atoms with E-state index in [-0.39, 0.29) is 11.4 Å². The molecule has 1 aromatic rings. The van der Waals surface area contributed by atoms with Crippen molar-refractivity contribution < 1.29 is 14.3 Å². The first kappa shape index (κ1) is 18.3. The molecule has 0 fully saturated rings. The van der Waals surface area contributed by atoms with E-state index in [1.807, 2.05) is 51.3 Å². The standard InChI is InChI=1S/C17H23NO3S/c1-12(16(20)18-17(2,3)4)21-15(19)11-8-13-6-9-14(22-5)10-7-13/h6-12H,1-5H3,(H,18,20)/b11-8+/t12-/m1/s1. The molecule has 0 heterocycles. The Balaban J connectivity index is 2.54. The number of carbonyl (C=O) groups excluding carboxylic acids is 2. The van der Waals surface area contributed by atoms with Crippen molar-refractivity contribution in [3.63, 3.8) is 0 Å². The lowest BCUT2D eigenvalue weighted by atomic mass is 10.1. The van der Waals surface area contributed by atoms with Crippen molar-refractivity contribution in [2.45, 2.75) is 44.2 Å². The lowest BCUT2D eigenvalue weighted by molar-refractivity contribution is -0.150. The van der Waals surface area contributed by atoms with Gasteiger partial charge in [-0.05, 0) is 57.7 Å². The number of esters is 1. The highest BCUT2D eigenvalue weighted by Gasteiger charge is 2.21. The van der Waals surface area contributed by atoms with Crippen LogP contribution in [-0.2, 0) is 14.3 Å². The van der Waals surface area contributed by atoms with Crippen LogP contribution in [0.5, 0.6) is 0 Å². The summed E-state index contributed by atoms with van der Waals surface area (Å²) in [5.41, 5.74) is 0.550. The van der Waals surface area contributed by atoms with Gasteiger partial charge in [0.1, 0.15) is 0 Å². The van der Waals surface area contributed by atoms with Gasteiger partial charge in [-0.1, -0.05) is 12.1 Å². The molecule has 0 aliphatic heterocycles. The number of hydrogen-bond donors (Lipinski definition) is 1. The number of rotatable bonds is 5. The first-order valence-corrected chi connectivity index (χ1v) is 8.28. The van der Waals surface area contributed by atoms with Crippen molar-refractivity contribution in [1.29, 1.82) is 0 Å². The summed E-state index contributed by atoms with van der Waals surface area (Å²) in [6, 6.07) is 7.81. The highest BCUT2D eigenvalue weighted by Crippen LogP contribution is 2.15. The van der Waals surface area contributed by atoms with E-state index >= 15 is 0 Å². The maximum absolute atomic E-state index is 11.8. The van der Waals surface area contributed by atoms with Crippen LogP contribution < -0.4 is 5.32 Å². The molecule has 0 bridgehead atoms. The summed E-state index contributed by atoms with van der Waals surface area (Å²) in [4.78, 5) is 24.7. The van der Waals surface area contributed by atoms with Crippen LogP contribution in [0, 0.1) is 0 Å². The van der Waals surface area contributed by atoms with Gasteiger partial charge in [0.15, 0.2) is 6.10 Å². The average molecular weight is 321 g/mol. The van der Waals surface area contributed by atoms with Crippen LogP contribution in [0.4, 0.5) is 0 Å². The lowest BCUT2D eigenvalue weighted by Crippen LogP contribution is -2.46. The Kier molecular flexibility index (Phi) is 6.68. The molecule has 0 aliphatic carbocycles. The zero-order chi connectivity index (χ0) is 16.8. The minimum absolute atomic E-state index is 0.307. The molecule has 0 spiro atoms. The predicted molar refractivity (Wildman–Crippen MR) is 90.7 cm³/mol. The first-order valence-electron chi connectivity index (χ1n) is 7.06.